The lowest BCUT2D eigenvalue weighted by atomic mass is 9.83. The minimum absolute atomic E-state index is 0.631. The third kappa shape index (κ3) is 5.99. The Balaban J connectivity index is 0.969. The van der Waals surface area contributed by atoms with Crippen molar-refractivity contribution >= 4 is 43.7 Å². The van der Waals surface area contributed by atoms with E-state index < -0.39 is 0 Å². The molecule has 3 heterocycles. The molecule has 13 rings (SSSR count). The number of benzene rings is 9. The predicted molar refractivity (Wildman–Crippen MR) is 263 cm³/mol. The van der Waals surface area contributed by atoms with E-state index in [1.807, 2.05) is 12.1 Å². The third-order valence-corrected chi connectivity index (χ3v) is 13.2. The molecule has 3 aromatic heterocycles. The lowest BCUT2D eigenvalue weighted by Crippen LogP contribution is -2.04. The number of rotatable bonds is 4. The molecule has 0 N–H and O–H groups in total. The highest BCUT2D eigenvalue weighted by Gasteiger charge is 2.22. The molecule has 0 saturated carbocycles. The zero-order chi connectivity index (χ0) is 42.1. The monoisotopic (exact) mass is 817 g/mol. The van der Waals surface area contributed by atoms with E-state index >= 15 is 0 Å². The van der Waals surface area contributed by atoms with Crippen molar-refractivity contribution in [2.75, 3.05) is 0 Å². The molecule has 0 radical (unpaired) electrons. The molecule has 0 bridgehead atoms. The Bertz CT molecular complexity index is 3730. The number of hydrogen-bond donors (Lipinski definition) is 0. The highest BCUT2D eigenvalue weighted by atomic mass is 16.3. The maximum absolute atomic E-state index is 6.85. The molecule has 64 heavy (non-hydrogen) atoms. The van der Waals surface area contributed by atoms with Gasteiger partial charge in [0.05, 0.1) is 22.4 Å². The van der Waals surface area contributed by atoms with Gasteiger partial charge in [-0.1, -0.05) is 170 Å². The lowest BCUT2D eigenvalue weighted by molar-refractivity contribution is 0.668. The number of fused-ring (bicyclic) bond motifs is 12. The largest absolute Gasteiger partial charge is 0.456 e. The Hall–Kier alpha value is -8.34. The first-order valence-electron chi connectivity index (χ1n) is 22.0. The van der Waals surface area contributed by atoms with Crippen molar-refractivity contribution < 1.29 is 4.42 Å². The fourth-order valence-electron chi connectivity index (χ4n) is 10.1. The SMILES string of the molecule is c1ccc(-c2cc(-c3ccccc3)nc(-n3c4ccccc4c4ccc(-c5ccc6c(c5)oc5cc7c(cc56)-c5ccccc5Cc5ccccc5-c5ccccc5C7)cc43)n2)cc1. The molecule has 1 aliphatic carbocycles. The van der Waals surface area contributed by atoms with Crippen LogP contribution in [0.1, 0.15) is 22.3 Å². The maximum atomic E-state index is 6.85. The molecule has 4 nitrogen and oxygen atoms in total. The van der Waals surface area contributed by atoms with Gasteiger partial charge in [0.1, 0.15) is 11.2 Å². The van der Waals surface area contributed by atoms with Crippen LogP contribution in [0, 0.1) is 0 Å². The highest BCUT2D eigenvalue weighted by molar-refractivity contribution is 6.11. The zero-order valence-corrected chi connectivity index (χ0v) is 34.9. The number of aromatic nitrogens is 3. The average molecular weight is 818 g/mol. The Kier molecular flexibility index (Phi) is 8.31. The molecule has 0 unspecified atom stereocenters. The Morgan fingerprint density at radius 2 is 0.828 bits per heavy atom. The summed E-state index contributed by atoms with van der Waals surface area (Å²) < 4.78 is 9.08. The zero-order valence-electron chi connectivity index (χ0n) is 34.9. The van der Waals surface area contributed by atoms with E-state index in [9.17, 15) is 0 Å². The van der Waals surface area contributed by atoms with Crippen LogP contribution >= 0.6 is 0 Å². The van der Waals surface area contributed by atoms with Gasteiger partial charge in [-0.3, -0.25) is 4.57 Å². The third-order valence-electron chi connectivity index (χ3n) is 13.2. The number of hydrogen-bond acceptors (Lipinski definition) is 3. The molecule has 4 heteroatoms. The van der Waals surface area contributed by atoms with E-state index in [1.54, 1.807) is 0 Å². The van der Waals surface area contributed by atoms with Gasteiger partial charge in [-0.05, 0) is 111 Å². The van der Waals surface area contributed by atoms with Gasteiger partial charge in [0.25, 0.3) is 0 Å². The Morgan fingerprint density at radius 3 is 1.48 bits per heavy atom. The van der Waals surface area contributed by atoms with E-state index in [1.165, 1.54) is 44.5 Å². The summed E-state index contributed by atoms with van der Waals surface area (Å²) in [7, 11) is 0. The van der Waals surface area contributed by atoms with Crippen LogP contribution in [0.2, 0.25) is 0 Å². The predicted octanol–water partition coefficient (Wildman–Crippen LogP) is 15.3. The summed E-state index contributed by atoms with van der Waals surface area (Å²) in [6.45, 7) is 0. The molecule has 12 aromatic rings. The first-order chi connectivity index (χ1) is 31.7. The lowest BCUT2D eigenvalue weighted by Gasteiger charge is -2.20. The summed E-state index contributed by atoms with van der Waals surface area (Å²) in [4.78, 5) is 10.5. The molecule has 0 atom stereocenters. The van der Waals surface area contributed by atoms with Gasteiger partial charge in [0, 0.05) is 32.7 Å². The van der Waals surface area contributed by atoms with Crippen molar-refractivity contribution in [2.45, 2.75) is 12.8 Å². The van der Waals surface area contributed by atoms with Crippen LogP contribution in [-0.4, -0.2) is 14.5 Å². The molecule has 0 fully saturated rings. The van der Waals surface area contributed by atoms with Crippen LogP contribution in [0.3, 0.4) is 0 Å². The second kappa shape index (κ2) is 14.6. The summed E-state index contributed by atoms with van der Waals surface area (Å²) in [6, 6.07) is 76.1. The first kappa shape index (κ1) is 36.3. The second-order valence-electron chi connectivity index (χ2n) is 16.9. The van der Waals surface area contributed by atoms with Crippen LogP contribution in [0.15, 0.2) is 217 Å². The summed E-state index contributed by atoms with van der Waals surface area (Å²) >= 11 is 0. The summed E-state index contributed by atoms with van der Waals surface area (Å²) in [5.41, 5.74) is 20.3. The molecule has 0 spiro atoms. The molecule has 0 amide bonds. The van der Waals surface area contributed by atoms with E-state index in [0.717, 1.165) is 90.2 Å². The van der Waals surface area contributed by atoms with Crippen molar-refractivity contribution in [2.24, 2.45) is 0 Å². The summed E-state index contributed by atoms with van der Waals surface area (Å²) in [5, 5.41) is 4.53. The number of para-hydroxylation sites is 1. The smallest absolute Gasteiger partial charge is 0.235 e. The molecule has 0 aliphatic heterocycles. The topological polar surface area (TPSA) is 43.9 Å². The van der Waals surface area contributed by atoms with Crippen molar-refractivity contribution in [1.82, 2.24) is 14.5 Å². The molecule has 300 valence electrons. The minimum Gasteiger partial charge on any atom is -0.456 e. The molecular weight excluding hydrogens is 779 g/mol. The van der Waals surface area contributed by atoms with E-state index in [0.29, 0.717) is 5.95 Å². The molecule has 0 saturated heterocycles. The fourth-order valence-corrected chi connectivity index (χ4v) is 10.1. The van der Waals surface area contributed by atoms with Gasteiger partial charge < -0.3 is 4.42 Å². The Morgan fingerprint density at radius 1 is 0.328 bits per heavy atom. The highest BCUT2D eigenvalue weighted by Crippen LogP contribution is 2.42. The van der Waals surface area contributed by atoms with Gasteiger partial charge in [-0.25, -0.2) is 9.97 Å². The van der Waals surface area contributed by atoms with Crippen LogP contribution < -0.4 is 0 Å². The standard InChI is InChI=1S/C60H39N3O/c1-3-15-38(16-4-1)54-37-55(39-17-5-2-6-18-39)62-60(61-54)63-56-26-14-13-25-49(56)50-29-27-40(33-57(50)63)41-28-30-51-53-36-52-45(35-59(53)64-58(51)34-41)32-44-21-8-11-23-47(44)46-22-10-7-19-42(46)31-43-20-9-12-24-48(43)52/h1-30,33-37H,31-32H2. The summed E-state index contributed by atoms with van der Waals surface area (Å²) in [6.07, 6.45) is 1.65. The van der Waals surface area contributed by atoms with E-state index in [2.05, 4.69) is 205 Å². The van der Waals surface area contributed by atoms with E-state index in [-0.39, 0.29) is 0 Å². The number of nitrogens with zero attached hydrogens (tertiary/aromatic N) is 3. The maximum Gasteiger partial charge on any atom is 0.235 e. The van der Waals surface area contributed by atoms with Crippen molar-refractivity contribution in [1.29, 1.82) is 0 Å². The van der Waals surface area contributed by atoms with E-state index in [4.69, 9.17) is 14.4 Å². The molecule has 9 aromatic carbocycles. The average Bonchev–Trinajstić information content (AvgIpc) is 3.89. The van der Waals surface area contributed by atoms with Gasteiger partial charge in [0.2, 0.25) is 5.95 Å². The minimum atomic E-state index is 0.631. The summed E-state index contributed by atoms with van der Waals surface area (Å²) in [5.74, 6) is 0.631. The van der Waals surface area contributed by atoms with Gasteiger partial charge in [-0.2, -0.15) is 0 Å². The van der Waals surface area contributed by atoms with Crippen LogP contribution in [0.4, 0.5) is 0 Å². The second-order valence-corrected chi connectivity index (χ2v) is 16.9. The van der Waals surface area contributed by atoms with Crippen molar-refractivity contribution in [3.63, 3.8) is 0 Å². The van der Waals surface area contributed by atoms with Crippen LogP contribution in [0.5, 0.6) is 0 Å². The fraction of sp³-hybridized carbons (Fsp3) is 0.0333. The van der Waals surface area contributed by atoms with Crippen molar-refractivity contribution in [3.8, 4) is 61.8 Å². The number of furan rings is 1. The van der Waals surface area contributed by atoms with Crippen molar-refractivity contribution in [3.05, 3.63) is 235 Å². The first-order valence-corrected chi connectivity index (χ1v) is 22.0. The van der Waals surface area contributed by atoms with Gasteiger partial charge >= 0.3 is 0 Å². The van der Waals surface area contributed by atoms with Crippen LogP contribution in [0.25, 0.3) is 106 Å². The Labute approximate surface area is 370 Å². The van der Waals surface area contributed by atoms with Crippen LogP contribution in [-0.2, 0) is 12.8 Å². The van der Waals surface area contributed by atoms with Gasteiger partial charge in [-0.15, -0.1) is 0 Å². The molecule has 1 aliphatic rings. The molecular formula is C60H39N3O. The quantitative estimate of drug-likeness (QED) is 0.178. The normalized spacial score (nSPS) is 12.2. The van der Waals surface area contributed by atoms with Gasteiger partial charge in [0.15, 0.2) is 0 Å².